The Kier molecular flexibility index (Phi) is 8.07. The Morgan fingerprint density at radius 3 is 2.50 bits per heavy atom. The zero-order valence-corrected chi connectivity index (χ0v) is 22.0. The number of hydrogen-bond donors (Lipinski definition) is 1. The zero-order chi connectivity index (χ0) is 26.3. The van der Waals surface area contributed by atoms with Crippen molar-refractivity contribution in [1.29, 1.82) is 0 Å². The van der Waals surface area contributed by atoms with Crippen LogP contribution in [0.3, 0.4) is 0 Å². The van der Waals surface area contributed by atoms with E-state index >= 15 is 0 Å². The van der Waals surface area contributed by atoms with Crippen molar-refractivity contribution in [3.05, 3.63) is 95.9 Å². The Morgan fingerprint density at radius 1 is 0.921 bits per heavy atom. The summed E-state index contributed by atoms with van der Waals surface area (Å²) < 4.78 is 5.64. The molecule has 1 N–H and O–H groups in total. The van der Waals surface area contributed by atoms with Crippen LogP contribution in [0.2, 0.25) is 0 Å². The lowest BCUT2D eigenvalue weighted by Crippen LogP contribution is -2.37. The molecule has 0 aliphatic carbocycles. The number of carbonyl (C=O) groups is 2. The smallest absolute Gasteiger partial charge is 0.256 e. The van der Waals surface area contributed by atoms with Crippen molar-refractivity contribution in [1.82, 2.24) is 4.90 Å². The van der Waals surface area contributed by atoms with E-state index in [1.165, 1.54) is 0 Å². The molecule has 1 fully saturated rings. The first-order chi connectivity index (χ1) is 18.6. The molecule has 1 aliphatic rings. The van der Waals surface area contributed by atoms with Crippen molar-refractivity contribution in [3.8, 4) is 0 Å². The molecule has 5 rings (SSSR count). The molecule has 0 atom stereocenters. The number of unbranched alkanes of at least 4 members (excludes halogenated alkanes) is 1. The number of hydrogen-bond acceptors (Lipinski definition) is 4. The summed E-state index contributed by atoms with van der Waals surface area (Å²) >= 11 is 0. The van der Waals surface area contributed by atoms with Gasteiger partial charge in [-0.05, 0) is 78.9 Å². The summed E-state index contributed by atoms with van der Waals surface area (Å²) in [5, 5.41) is 5.13. The molecule has 0 saturated carbocycles. The maximum atomic E-state index is 13.8. The Morgan fingerprint density at radius 2 is 1.74 bits per heavy atom. The van der Waals surface area contributed by atoms with E-state index in [9.17, 15) is 9.59 Å². The summed E-state index contributed by atoms with van der Waals surface area (Å²) in [6.07, 6.45) is 6.91. The number of likely N-dealkylation sites (tertiary alicyclic amines) is 1. The molecule has 196 valence electrons. The fourth-order valence-corrected chi connectivity index (χ4v) is 5.09. The van der Waals surface area contributed by atoms with Crippen molar-refractivity contribution in [3.63, 3.8) is 0 Å². The summed E-state index contributed by atoms with van der Waals surface area (Å²) in [4.78, 5) is 31.2. The highest BCUT2D eigenvalue weighted by atomic mass is 16.3. The molecule has 4 aromatic rings. The third-order valence-electron chi connectivity index (χ3n) is 7.19. The van der Waals surface area contributed by atoms with E-state index in [-0.39, 0.29) is 11.8 Å². The van der Waals surface area contributed by atoms with Gasteiger partial charge in [-0.1, -0.05) is 43.7 Å². The lowest BCUT2D eigenvalue weighted by Gasteiger charge is -2.31. The van der Waals surface area contributed by atoms with Gasteiger partial charge in [0, 0.05) is 30.9 Å². The summed E-state index contributed by atoms with van der Waals surface area (Å²) in [6.45, 7) is 5.07. The molecule has 2 heterocycles. The number of benzene rings is 3. The third kappa shape index (κ3) is 5.91. The number of nitrogens with zero attached hydrogens (tertiary/aromatic N) is 2. The molecule has 2 amide bonds. The lowest BCUT2D eigenvalue weighted by molar-refractivity contribution is 0.0724. The van der Waals surface area contributed by atoms with E-state index in [0.29, 0.717) is 23.4 Å². The maximum absolute atomic E-state index is 13.8. The van der Waals surface area contributed by atoms with Gasteiger partial charge in [0.2, 0.25) is 0 Å². The molecule has 0 radical (unpaired) electrons. The van der Waals surface area contributed by atoms with E-state index in [0.717, 1.165) is 74.0 Å². The summed E-state index contributed by atoms with van der Waals surface area (Å²) in [5.41, 5.74) is 2.68. The predicted molar refractivity (Wildman–Crippen MR) is 153 cm³/mol. The zero-order valence-electron chi connectivity index (χ0n) is 22.0. The van der Waals surface area contributed by atoms with E-state index in [2.05, 4.69) is 17.1 Å². The summed E-state index contributed by atoms with van der Waals surface area (Å²) in [6, 6.07) is 23.2. The van der Waals surface area contributed by atoms with Crippen molar-refractivity contribution >= 4 is 34.0 Å². The van der Waals surface area contributed by atoms with Crippen molar-refractivity contribution in [2.75, 3.05) is 29.9 Å². The van der Waals surface area contributed by atoms with Gasteiger partial charge in [0.05, 0.1) is 24.1 Å². The molecular weight excluding hydrogens is 474 g/mol. The number of nitrogens with one attached hydrogen (secondary N) is 1. The van der Waals surface area contributed by atoms with Gasteiger partial charge in [0.25, 0.3) is 11.8 Å². The van der Waals surface area contributed by atoms with E-state index in [1.54, 1.807) is 6.26 Å². The number of anilines is 2. The second kappa shape index (κ2) is 12.0. The first kappa shape index (κ1) is 25.6. The standard InChI is InChI=1S/C32H35N3O3/c1-2-3-17-35(23-28-12-9-20-38-28)30-16-15-27(22-29(30)32(37)34-18-7-4-8-19-34)33-31(36)26-14-13-24-10-5-6-11-25(24)21-26/h5-6,9-16,20-22H,2-4,7-8,17-19,23H2,1H3,(H,33,36). The van der Waals surface area contributed by atoms with Crippen molar-refractivity contribution < 1.29 is 14.0 Å². The number of furan rings is 1. The minimum Gasteiger partial charge on any atom is -0.467 e. The molecule has 0 unspecified atom stereocenters. The molecule has 6 nitrogen and oxygen atoms in total. The molecule has 1 saturated heterocycles. The van der Waals surface area contributed by atoms with Crippen LogP contribution < -0.4 is 10.2 Å². The van der Waals surface area contributed by atoms with Crippen LogP contribution in [0.4, 0.5) is 11.4 Å². The van der Waals surface area contributed by atoms with E-state index in [4.69, 9.17) is 4.42 Å². The molecule has 3 aromatic carbocycles. The first-order valence-electron chi connectivity index (χ1n) is 13.6. The van der Waals surface area contributed by atoms with Crippen LogP contribution in [0.1, 0.15) is 65.5 Å². The predicted octanol–water partition coefficient (Wildman–Crippen LogP) is 7.12. The van der Waals surface area contributed by atoms with Crippen LogP contribution in [-0.2, 0) is 6.54 Å². The molecule has 1 aliphatic heterocycles. The summed E-state index contributed by atoms with van der Waals surface area (Å²) in [5.74, 6) is 0.673. The van der Waals surface area contributed by atoms with Gasteiger partial charge in [-0.25, -0.2) is 0 Å². The minimum absolute atomic E-state index is 0.0162. The monoisotopic (exact) mass is 509 g/mol. The molecule has 0 spiro atoms. The van der Waals surface area contributed by atoms with Crippen LogP contribution in [-0.4, -0.2) is 36.3 Å². The van der Waals surface area contributed by atoms with E-state index in [1.807, 2.05) is 77.7 Å². The average Bonchev–Trinajstić information content (AvgIpc) is 3.48. The normalized spacial score (nSPS) is 13.4. The highest BCUT2D eigenvalue weighted by molar-refractivity contribution is 6.08. The van der Waals surface area contributed by atoms with Gasteiger partial charge in [0.15, 0.2) is 0 Å². The van der Waals surface area contributed by atoms with Gasteiger partial charge in [-0.2, -0.15) is 0 Å². The quantitative estimate of drug-likeness (QED) is 0.261. The number of amides is 2. The van der Waals surface area contributed by atoms with Gasteiger partial charge in [-0.3, -0.25) is 9.59 Å². The molecular formula is C32H35N3O3. The van der Waals surface area contributed by atoms with Crippen LogP contribution in [0.25, 0.3) is 10.8 Å². The summed E-state index contributed by atoms with van der Waals surface area (Å²) in [7, 11) is 0. The molecule has 38 heavy (non-hydrogen) atoms. The SMILES string of the molecule is CCCCN(Cc1ccco1)c1ccc(NC(=O)c2ccc3ccccc3c2)cc1C(=O)N1CCCCC1. The second-order valence-electron chi connectivity index (χ2n) is 9.96. The Balaban J connectivity index is 1.46. The Bertz CT molecular complexity index is 1390. The topological polar surface area (TPSA) is 65.8 Å². The first-order valence-corrected chi connectivity index (χ1v) is 13.6. The number of piperidine rings is 1. The third-order valence-corrected chi connectivity index (χ3v) is 7.19. The van der Waals surface area contributed by atoms with Crippen LogP contribution in [0, 0.1) is 0 Å². The van der Waals surface area contributed by atoms with Crippen LogP contribution in [0.15, 0.2) is 83.5 Å². The largest absolute Gasteiger partial charge is 0.467 e. The van der Waals surface area contributed by atoms with E-state index < -0.39 is 0 Å². The number of fused-ring (bicyclic) bond motifs is 1. The molecule has 1 aromatic heterocycles. The van der Waals surface area contributed by atoms with Crippen LogP contribution >= 0.6 is 0 Å². The highest BCUT2D eigenvalue weighted by Crippen LogP contribution is 2.29. The maximum Gasteiger partial charge on any atom is 0.256 e. The molecule has 6 heteroatoms. The Labute approximate surface area is 224 Å². The van der Waals surface area contributed by atoms with Crippen molar-refractivity contribution in [2.45, 2.75) is 45.6 Å². The fourth-order valence-electron chi connectivity index (χ4n) is 5.09. The van der Waals surface area contributed by atoms with Gasteiger partial charge >= 0.3 is 0 Å². The van der Waals surface area contributed by atoms with Crippen LogP contribution in [0.5, 0.6) is 0 Å². The average molecular weight is 510 g/mol. The van der Waals surface area contributed by atoms with Gasteiger partial charge < -0.3 is 19.5 Å². The van der Waals surface area contributed by atoms with Crippen molar-refractivity contribution in [2.24, 2.45) is 0 Å². The number of carbonyl (C=O) groups excluding carboxylic acids is 2. The Hall–Kier alpha value is -4.06. The minimum atomic E-state index is -0.196. The lowest BCUT2D eigenvalue weighted by atomic mass is 10.0. The second-order valence-corrected chi connectivity index (χ2v) is 9.96. The number of rotatable bonds is 9. The van der Waals surface area contributed by atoms with Gasteiger partial charge in [0.1, 0.15) is 5.76 Å². The highest BCUT2D eigenvalue weighted by Gasteiger charge is 2.24. The molecule has 0 bridgehead atoms. The fraction of sp³-hybridized carbons (Fsp3) is 0.312. The van der Waals surface area contributed by atoms with Gasteiger partial charge in [-0.15, -0.1) is 0 Å².